The molecule has 370 valence electrons. The van der Waals surface area contributed by atoms with Crippen molar-refractivity contribution in [2.45, 2.75) is 123 Å². The number of nitriles is 1. The Labute approximate surface area is 414 Å². The molecule has 0 bridgehead atoms. The fourth-order valence-electron chi connectivity index (χ4n) is 9.56. The number of β-amino-alcohol motifs (C(OH)–C–C–N with tert-alkyl or cyclic N) is 1. The number of hydrogen-bond acceptors (Lipinski definition) is 12. The number of sulfone groups is 1. The average Bonchev–Trinajstić information content (AvgIpc) is 3.92. The number of aliphatic hydroxyl groups is 1. The molecule has 1 aromatic heterocycles. The Morgan fingerprint density at radius 3 is 2.29 bits per heavy atom. The fraction of sp³-hybridized carbons (Fsp3) is 0.490. The largest absolute Gasteiger partial charge is 0.489 e. The Morgan fingerprint density at radius 2 is 1.68 bits per heavy atom. The molecule has 1 saturated carbocycles. The van der Waals surface area contributed by atoms with Gasteiger partial charge >= 0.3 is 0 Å². The van der Waals surface area contributed by atoms with Crippen molar-refractivity contribution in [3.05, 3.63) is 99.6 Å². The first-order valence-electron chi connectivity index (χ1n) is 23.1. The van der Waals surface area contributed by atoms with E-state index in [0.29, 0.717) is 41.2 Å². The number of unbranched alkanes of at least 4 members (excludes halogenated alkanes) is 2. The summed E-state index contributed by atoms with van der Waals surface area (Å²) in [5.41, 5.74) is 3.64. The molecule has 2 fully saturated rings. The van der Waals surface area contributed by atoms with Crippen LogP contribution in [0.25, 0.3) is 10.4 Å². The lowest BCUT2D eigenvalue weighted by molar-refractivity contribution is -0.164. The second kappa shape index (κ2) is 21.7. The molecule has 0 spiro atoms. The molecule has 4 amide bonds. The predicted octanol–water partition coefficient (Wildman–Crippen LogP) is 7.03. The molecule has 1 aliphatic heterocycles. The molecule has 3 aromatic carbocycles. The molecule has 2 heterocycles. The molecule has 1 saturated heterocycles. The molecule has 0 radical (unpaired) electrons. The summed E-state index contributed by atoms with van der Waals surface area (Å²) in [5, 5.41) is 28.9. The quantitative estimate of drug-likeness (QED) is 0.0700. The maximum Gasteiger partial charge on any atom is 0.251 e. The number of aryl methyl sites for hydroxylation is 1. The number of nitrogens with one attached hydrogen (secondary N) is 3. The average molecular weight is 1000 g/mol. The van der Waals surface area contributed by atoms with Gasteiger partial charge < -0.3 is 35.4 Å². The van der Waals surface area contributed by atoms with Gasteiger partial charge in [0.05, 0.1) is 43.4 Å². The first-order chi connectivity index (χ1) is 32.4. The van der Waals surface area contributed by atoms with Crippen molar-refractivity contribution in [3.8, 4) is 22.3 Å². The summed E-state index contributed by atoms with van der Waals surface area (Å²) in [7, 11) is -3.65. The summed E-state index contributed by atoms with van der Waals surface area (Å²) in [6.45, 7) is 15.4. The van der Waals surface area contributed by atoms with Crippen molar-refractivity contribution in [1.82, 2.24) is 25.8 Å². The number of halogens is 1. The first-order valence-corrected chi connectivity index (χ1v) is 26.0. The standard InChI is InChI=1S/C51H63ClN6O9S2/c1-31-42(68-30-55-31)33-14-12-32(13-15-33)27-54-45(62)40-24-36(59)28-58(40)46(63)43(49(2,3)4)56-41(60)29-66-22-10-9-11-23-69(64,65)38-20-17-34(18-21-38)44(61)57-47-50(5,6)48(51(47,7)8)67-37-19-16-35(26-53)39(52)25-37/h12-21,25,30,36,40,43,47-48,59H,9-11,22-24,27-29H2,1-8H3,(H,54,62)(H,56,60)(H,57,61)/t36-,40+,43-,47-,48-/m1/s1. The van der Waals surface area contributed by atoms with E-state index >= 15 is 0 Å². The molecule has 2 aliphatic rings. The van der Waals surface area contributed by atoms with Crippen LogP contribution in [0.4, 0.5) is 0 Å². The molecule has 15 nitrogen and oxygen atoms in total. The second-order valence-corrected chi connectivity index (χ2v) is 23.6. The monoisotopic (exact) mass is 1000 g/mol. The Balaban J connectivity index is 0.910. The van der Waals surface area contributed by atoms with Crippen LogP contribution in [-0.2, 0) is 35.5 Å². The summed E-state index contributed by atoms with van der Waals surface area (Å²) >= 11 is 7.78. The van der Waals surface area contributed by atoms with Gasteiger partial charge in [0, 0.05) is 54.6 Å². The van der Waals surface area contributed by atoms with E-state index in [1.54, 1.807) is 55.8 Å². The number of nitrogens with zero attached hydrogens (tertiary/aromatic N) is 3. The van der Waals surface area contributed by atoms with E-state index in [-0.39, 0.29) is 61.4 Å². The summed E-state index contributed by atoms with van der Waals surface area (Å²) in [6, 6.07) is 18.4. The van der Waals surface area contributed by atoms with E-state index in [0.717, 1.165) is 21.7 Å². The van der Waals surface area contributed by atoms with Crippen LogP contribution in [-0.4, -0.2) is 103 Å². The van der Waals surface area contributed by atoms with Crippen LogP contribution in [0.5, 0.6) is 5.75 Å². The van der Waals surface area contributed by atoms with Crippen LogP contribution >= 0.6 is 22.9 Å². The zero-order chi connectivity index (χ0) is 50.5. The number of thiazole rings is 1. The van der Waals surface area contributed by atoms with Crippen LogP contribution < -0.4 is 20.7 Å². The van der Waals surface area contributed by atoms with Gasteiger partial charge in [-0.2, -0.15) is 5.26 Å². The van der Waals surface area contributed by atoms with Crippen molar-refractivity contribution in [2.24, 2.45) is 16.2 Å². The number of carbonyl (C=O) groups excluding carboxylic acids is 4. The van der Waals surface area contributed by atoms with Gasteiger partial charge in [-0.05, 0) is 72.7 Å². The smallest absolute Gasteiger partial charge is 0.251 e. The van der Waals surface area contributed by atoms with Gasteiger partial charge in [0.15, 0.2) is 9.84 Å². The molecule has 6 rings (SSSR count). The number of amides is 4. The van der Waals surface area contributed by atoms with Crippen molar-refractivity contribution in [3.63, 3.8) is 0 Å². The van der Waals surface area contributed by atoms with Crippen LogP contribution in [0.3, 0.4) is 0 Å². The Hall–Kier alpha value is -5.38. The minimum absolute atomic E-state index is 0.0487. The Bertz CT molecular complexity index is 2640. The highest BCUT2D eigenvalue weighted by Gasteiger charge is 2.64. The SMILES string of the molecule is Cc1ncsc1-c1ccc(CNC(=O)[C@@H]2C[C@@H](O)CN2C(=O)[C@@H](NC(=O)COCCCCCS(=O)(=O)c2ccc(C(=O)N[C@H]3C(C)(C)[C@H](Oc4ccc(C#N)c(Cl)c4)C3(C)C)cc2)C(C)(C)C)cc1. The number of hydrogen-bond donors (Lipinski definition) is 4. The molecule has 18 heteroatoms. The minimum Gasteiger partial charge on any atom is -0.489 e. The number of benzene rings is 3. The summed E-state index contributed by atoms with van der Waals surface area (Å²) in [6.07, 6.45) is 0.233. The van der Waals surface area contributed by atoms with E-state index in [1.165, 1.54) is 29.2 Å². The molecular formula is C51H63ClN6O9S2. The lowest BCUT2D eigenvalue weighted by Crippen LogP contribution is -2.74. The summed E-state index contributed by atoms with van der Waals surface area (Å²) < 4.78 is 38.3. The normalized spacial score (nSPS) is 20.0. The maximum absolute atomic E-state index is 14.0. The molecular weight excluding hydrogens is 940 g/mol. The summed E-state index contributed by atoms with van der Waals surface area (Å²) in [4.78, 5) is 60.7. The zero-order valence-corrected chi connectivity index (χ0v) is 42.8. The Morgan fingerprint density at radius 1 is 1.00 bits per heavy atom. The highest BCUT2D eigenvalue weighted by atomic mass is 35.5. The number of aliphatic hydroxyl groups excluding tert-OH is 1. The van der Waals surface area contributed by atoms with Gasteiger partial charge in [-0.3, -0.25) is 19.2 Å². The third-order valence-electron chi connectivity index (χ3n) is 13.1. The number of carbonyl (C=O) groups is 4. The number of ether oxygens (including phenoxy) is 2. The highest BCUT2D eigenvalue weighted by molar-refractivity contribution is 7.91. The van der Waals surface area contributed by atoms with Gasteiger partial charge in [-0.1, -0.05) is 90.8 Å². The third-order valence-corrected chi connectivity index (χ3v) is 16.2. The molecule has 4 aromatic rings. The first kappa shape index (κ1) is 53.0. The lowest BCUT2D eigenvalue weighted by atomic mass is 9.49. The maximum atomic E-state index is 14.0. The topological polar surface area (TPSA) is 217 Å². The van der Waals surface area contributed by atoms with E-state index in [4.69, 9.17) is 21.1 Å². The second-order valence-electron chi connectivity index (χ2n) is 20.2. The lowest BCUT2D eigenvalue weighted by Gasteiger charge is -2.63. The van der Waals surface area contributed by atoms with E-state index in [1.807, 2.05) is 65.0 Å². The van der Waals surface area contributed by atoms with Gasteiger partial charge in [0.25, 0.3) is 5.91 Å². The van der Waals surface area contributed by atoms with E-state index in [2.05, 4.69) is 20.9 Å². The molecule has 3 atom stereocenters. The van der Waals surface area contributed by atoms with E-state index in [9.17, 15) is 38.0 Å². The minimum atomic E-state index is -3.65. The van der Waals surface area contributed by atoms with Crippen LogP contribution in [0.15, 0.2) is 77.1 Å². The van der Waals surface area contributed by atoms with Gasteiger partial charge in [0.2, 0.25) is 17.7 Å². The van der Waals surface area contributed by atoms with Crippen LogP contribution in [0.2, 0.25) is 5.02 Å². The van der Waals surface area contributed by atoms with Gasteiger partial charge in [-0.25, -0.2) is 13.4 Å². The van der Waals surface area contributed by atoms with E-state index < -0.39 is 62.0 Å². The van der Waals surface area contributed by atoms with Gasteiger partial charge in [-0.15, -0.1) is 11.3 Å². The molecule has 4 N–H and O–H groups in total. The van der Waals surface area contributed by atoms with Crippen LogP contribution in [0, 0.1) is 34.5 Å². The number of aromatic nitrogens is 1. The van der Waals surface area contributed by atoms with Crippen molar-refractivity contribution in [1.29, 1.82) is 5.26 Å². The number of likely N-dealkylation sites (tertiary alicyclic amines) is 1. The fourth-order valence-corrected chi connectivity index (χ4v) is 12.0. The van der Waals surface area contributed by atoms with Crippen molar-refractivity contribution in [2.75, 3.05) is 25.5 Å². The van der Waals surface area contributed by atoms with Gasteiger partial charge in [0.1, 0.15) is 36.6 Å². The predicted molar refractivity (Wildman–Crippen MR) is 264 cm³/mol. The third kappa shape index (κ3) is 12.5. The Kier molecular flexibility index (Phi) is 16.7. The number of rotatable bonds is 19. The van der Waals surface area contributed by atoms with Crippen molar-refractivity contribution >= 4 is 56.4 Å². The molecule has 1 aliphatic carbocycles. The summed E-state index contributed by atoms with van der Waals surface area (Å²) in [5.74, 6) is -1.33. The molecule has 69 heavy (non-hydrogen) atoms. The molecule has 0 unspecified atom stereocenters. The van der Waals surface area contributed by atoms with Crippen LogP contribution in [0.1, 0.15) is 101 Å². The highest BCUT2D eigenvalue weighted by Crippen LogP contribution is 2.55. The van der Waals surface area contributed by atoms with Crippen molar-refractivity contribution < 1.29 is 42.2 Å². The zero-order valence-electron chi connectivity index (χ0n) is 40.4.